The van der Waals surface area contributed by atoms with Crippen molar-refractivity contribution in [3.8, 4) is 0 Å². The summed E-state index contributed by atoms with van der Waals surface area (Å²) in [6.45, 7) is 4.65. The van der Waals surface area contributed by atoms with Gasteiger partial charge in [-0.1, -0.05) is 243 Å². The number of hydrogen-bond donors (Lipinski definition) is 2. The second kappa shape index (κ2) is 56.9. The number of carbonyl (C=O) groups is 3. The summed E-state index contributed by atoms with van der Waals surface area (Å²) in [6, 6.07) is 0. The molecule has 74 heavy (non-hydrogen) atoms. The molecule has 0 aromatic carbocycles. The van der Waals surface area contributed by atoms with Crippen LogP contribution in [-0.4, -0.2) is 66.5 Å². The van der Waals surface area contributed by atoms with Crippen molar-refractivity contribution in [2.45, 2.75) is 315 Å². The van der Waals surface area contributed by atoms with Gasteiger partial charge < -0.3 is 24.2 Å². The maximum absolute atomic E-state index is 12.9. The number of phosphoric acid groups is 1. The molecule has 0 fully saturated rings. The van der Waals surface area contributed by atoms with Crippen LogP contribution in [0.15, 0.2) is 36.5 Å². The van der Waals surface area contributed by atoms with Gasteiger partial charge in [0.05, 0.1) is 19.8 Å². The molecule has 2 N–H and O–H groups in total. The normalized spacial score (nSPS) is 13.5. The first kappa shape index (κ1) is 71.7. The van der Waals surface area contributed by atoms with Crippen LogP contribution in [0.2, 0.25) is 0 Å². The van der Waals surface area contributed by atoms with E-state index in [4.69, 9.17) is 23.3 Å². The molecule has 11 nitrogen and oxygen atoms in total. The summed E-state index contributed by atoms with van der Waals surface area (Å²) < 4.78 is 39.6. The lowest BCUT2D eigenvalue weighted by Crippen LogP contribution is -2.30. The van der Waals surface area contributed by atoms with E-state index in [9.17, 15) is 28.9 Å². The molecule has 0 spiro atoms. The molecule has 434 valence electrons. The minimum absolute atomic E-state index is 0.169. The third-order valence-corrected chi connectivity index (χ3v) is 14.5. The maximum atomic E-state index is 12.9. The van der Waals surface area contributed by atoms with Crippen LogP contribution in [-0.2, 0) is 42.2 Å². The number of unbranched alkanes of at least 4 members (excludes halogenated alkanes) is 35. The maximum Gasteiger partial charge on any atom is 0.472 e. The largest absolute Gasteiger partial charge is 0.472 e. The van der Waals surface area contributed by atoms with Crippen molar-refractivity contribution >= 4 is 25.7 Å². The summed E-state index contributed by atoms with van der Waals surface area (Å²) in [5, 5.41) is 9.83. The van der Waals surface area contributed by atoms with Crippen LogP contribution in [0.3, 0.4) is 0 Å². The van der Waals surface area contributed by atoms with Crippen LogP contribution in [0.4, 0.5) is 0 Å². The fourth-order valence-corrected chi connectivity index (χ4v) is 9.58. The Morgan fingerprint density at radius 3 is 1.04 bits per heavy atom. The highest BCUT2D eigenvalue weighted by Crippen LogP contribution is 2.43. The van der Waals surface area contributed by atoms with Crippen molar-refractivity contribution in [1.82, 2.24) is 0 Å². The lowest BCUT2D eigenvalue weighted by molar-refractivity contribution is -0.161. The average Bonchev–Trinajstić information content (AvgIpc) is 3.39. The van der Waals surface area contributed by atoms with Crippen LogP contribution in [0.5, 0.6) is 0 Å². The number of ether oxygens (including phenoxy) is 3. The van der Waals surface area contributed by atoms with Gasteiger partial charge in [0.15, 0.2) is 6.10 Å². The third-order valence-electron chi connectivity index (χ3n) is 13.5. The Morgan fingerprint density at radius 1 is 0.378 bits per heavy atom. The lowest BCUT2D eigenvalue weighted by Gasteiger charge is -2.21. The standard InChI is InChI=1S/C62H115O11P/c1-4-7-10-13-16-19-22-24-26-28-29-31-33-35-38-41-44-47-50-53-62(66)73-59(55-69-60(64)51-48-45-42-39-36-21-18-15-12-9-6-3)57-71-74(67,68)70-56-58(54-63)72-61(65)52-49-46-43-40-37-34-32-30-27-25-23-20-17-14-11-8-5-2/h17,20,24-27,58-59,63H,4-16,18-19,21-23,28-57H2,1-3H3,(H,67,68)/b20-17-,26-24-,27-25-. The van der Waals surface area contributed by atoms with Gasteiger partial charge in [0, 0.05) is 19.3 Å². The lowest BCUT2D eigenvalue weighted by atomic mass is 10.1. The second-order valence-electron chi connectivity index (χ2n) is 20.9. The molecule has 3 unspecified atom stereocenters. The topological polar surface area (TPSA) is 155 Å². The van der Waals surface area contributed by atoms with E-state index >= 15 is 0 Å². The van der Waals surface area contributed by atoms with E-state index in [2.05, 4.69) is 57.2 Å². The fraction of sp³-hybridized carbons (Fsp3) is 0.855. The Kier molecular flexibility index (Phi) is 55.1. The van der Waals surface area contributed by atoms with Gasteiger partial charge in [0.2, 0.25) is 0 Å². The van der Waals surface area contributed by atoms with Gasteiger partial charge in [0.1, 0.15) is 12.7 Å². The second-order valence-corrected chi connectivity index (χ2v) is 22.3. The summed E-state index contributed by atoms with van der Waals surface area (Å²) in [7, 11) is -4.75. The van der Waals surface area contributed by atoms with Crippen LogP contribution in [0.1, 0.15) is 303 Å². The van der Waals surface area contributed by atoms with Gasteiger partial charge in [-0.15, -0.1) is 0 Å². The Balaban J connectivity index is 4.62. The molecule has 0 aromatic rings. The van der Waals surface area contributed by atoms with Crippen LogP contribution in [0, 0.1) is 0 Å². The van der Waals surface area contributed by atoms with Crippen LogP contribution >= 0.6 is 7.82 Å². The van der Waals surface area contributed by atoms with Gasteiger partial charge in [-0.2, -0.15) is 0 Å². The van der Waals surface area contributed by atoms with Crippen molar-refractivity contribution in [1.29, 1.82) is 0 Å². The van der Waals surface area contributed by atoms with E-state index in [1.54, 1.807) is 0 Å². The van der Waals surface area contributed by atoms with Crippen molar-refractivity contribution in [2.24, 2.45) is 0 Å². The molecule has 0 aliphatic carbocycles. The molecule has 0 saturated carbocycles. The molecule has 0 radical (unpaired) electrons. The molecule has 0 aliphatic rings. The zero-order valence-electron chi connectivity index (χ0n) is 48.1. The molecule has 0 amide bonds. The number of carbonyl (C=O) groups excluding carboxylic acids is 3. The van der Waals surface area contributed by atoms with Crippen LogP contribution in [0.25, 0.3) is 0 Å². The van der Waals surface area contributed by atoms with Gasteiger partial charge in [-0.3, -0.25) is 23.4 Å². The monoisotopic (exact) mass is 1070 g/mol. The molecule has 0 rings (SSSR count). The molecule has 0 aliphatic heterocycles. The molecule has 0 heterocycles. The molecular weight excluding hydrogens is 952 g/mol. The van der Waals surface area contributed by atoms with Gasteiger partial charge in [-0.25, -0.2) is 4.57 Å². The summed E-state index contributed by atoms with van der Waals surface area (Å²) in [6.07, 6.45) is 59.5. The summed E-state index contributed by atoms with van der Waals surface area (Å²) in [4.78, 5) is 48.6. The van der Waals surface area contributed by atoms with E-state index < -0.39 is 57.8 Å². The van der Waals surface area contributed by atoms with E-state index in [1.807, 2.05) is 0 Å². The molecule has 3 atom stereocenters. The Hall–Kier alpha value is -2.30. The highest BCUT2D eigenvalue weighted by molar-refractivity contribution is 7.47. The molecular formula is C62H115O11P. The molecule has 0 saturated heterocycles. The zero-order valence-corrected chi connectivity index (χ0v) is 49.0. The number of esters is 3. The number of rotatable bonds is 58. The minimum atomic E-state index is -4.75. The van der Waals surface area contributed by atoms with Gasteiger partial charge >= 0.3 is 25.7 Å². The Labute approximate surface area is 454 Å². The number of aliphatic hydroxyl groups is 1. The van der Waals surface area contributed by atoms with E-state index in [0.29, 0.717) is 19.3 Å². The summed E-state index contributed by atoms with van der Waals surface area (Å²) in [5.41, 5.74) is 0. The first-order chi connectivity index (χ1) is 36.2. The fourth-order valence-electron chi connectivity index (χ4n) is 8.79. The predicted molar refractivity (Wildman–Crippen MR) is 307 cm³/mol. The number of aliphatic hydroxyl groups excluding tert-OH is 1. The first-order valence-corrected chi connectivity index (χ1v) is 32.4. The number of hydrogen-bond acceptors (Lipinski definition) is 10. The van der Waals surface area contributed by atoms with Crippen molar-refractivity contribution < 1.29 is 52.2 Å². The predicted octanol–water partition coefficient (Wildman–Crippen LogP) is 18.4. The minimum Gasteiger partial charge on any atom is -0.462 e. The highest BCUT2D eigenvalue weighted by Gasteiger charge is 2.28. The van der Waals surface area contributed by atoms with E-state index in [0.717, 1.165) is 77.0 Å². The molecule has 0 bridgehead atoms. The van der Waals surface area contributed by atoms with Crippen LogP contribution < -0.4 is 0 Å². The molecule has 12 heteroatoms. The highest BCUT2D eigenvalue weighted by atomic mass is 31.2. The quantitative estimate of drug-likeness (QED) is 0.0197. The van der Waals surface area contributed by atoms with Crippen molar-refractivity contribution in [3.05, 3.63) is 36.5 Å². The van der Waals surface area contributed by atoms with Crippen molar-refractivity contribution in [2.75, 3.05) is 26.4 Å². The number of allylic oxidation sites excluding steroid dienone is 6. The Morgan fingerprint density at radius 2 is 0.662 bits per heavy atom. The summed E-state index contributed by atoms with van der Waals surface area (Å²) in [5.74, 6) is -1.45. The summed E-state index contributed by atoms with van der Waals surface area (Å²) >= 11 is 0. The smallest absolute Gasteiger partial charge is 0.462 e. The van der Waals surface area contributed by atoms with E-state index in [1.165, 1.54) is 167 Å². The third kappa shape index (κ3) is 54.5. The average molecular weight is 1070 g/mol. The number of phosphoric ester groups is 1. The van der Waals surface area contributed by atoms with Gasteiger partial charge in [0.25, 0.3) is 0 Å². The van der Waals surface area contributed by atoms with Gasteiger partial charge in [-0.05, 0) is 77.0 Å². The zero-order chi connectivity index (χ0) is 54.1. The van der Waals surface area contributed by atoms with Crippen molar-refractivity contribution in [3.63, 3.8) is 0 Å². The molecule has 0 aromatic heterocycles. The SMILES string of the molecule is CCCCC/C=C\C/C=C\CCCCCCCCCC(=O)OC(CO)COP(=O)(O)OCC(COC(=O)CCCCCCCCCCCCC)OC(=O)CCCCCCCCCCC/C=C\CCCCCCCC. The van der Waals surface area contributed by atoms with E-state index in [-0.39, 0.29) is 25.9 Å². The first-order valence-electron chi connectivity index (χ1n) is 30.9. The Bertz CT molecular complexity index is 1380.